The van der Waals surface area contributed by atoms with Crippen LogP contribution in [0, 0.1) is 0 Å². The Bertz CT molecular complexity index is 573. The van der Waals surface area contributed by atoms with E-state index in [1.165, 1.54) is 0 Å². The Kier molecular flexibility index (Phi) is 4.85. The molecule has 100 valence electrons. The van der Waals surface area contributed by atoms with Gasteiger partial charge in [0.2, 0.25) is 0 Å². The molecule has 1 aromatic carbocycles. The predicted octanol–water partition coefficient (Wildman–Crippen LogP) is 2.92. The maximum Gasteiger partial charge on any atom is 0.251 e. The Balaban J connectivity index is 2.05. The summed E-state index contributed by atoms with van der Waals surface area (Å²) in [5, 5.41) is 2.91. The lowest BCUT2D eigenvalue weighted by Gasteiger charge is -2.10. The van der Waals surface area contributed by atoms with Gasteiger partial charge in [0, 0.05) is 29.3 Å². The summed E-state index contributed by atoms with van der Waals surface area (Å²) in [4.78, 5) is 20.7. The fraction of sp³-hybridized carbons (Fsp3) is 0.357. The van der Waals surface area contributed by atoms with Crippen LogP contribution in [0.2, 0.25) is 0 Å². The molecule has 19 heavy (non-hydrogen) atoms. The first kappa shape index (κ1) is 13.9. The largest absolute Gasteiger partial charge is 0.351 e. The summed E-state index contributed by atoms with van der Waals surface area (Å²) in [7, 11) is 0. The number of halogens is 1. The van der Waals surface area contributed by atoms with Crippen LogP contribution in [-0.2, 0) is 0 Å². The van der Waals surface area contributed by atoms with Gasteiger partial charge in [0.15, 0.2) is 0 Å². The Morgan fingerprint density at radius 2 is 2.05 bits per heavy atom. The van der Waals surface area contributed by atoms with Gasteiger partial charge in [-0.25, -0.2) is 0 Å². The molecule has 4 nitrogen and oxygen atoms in total. The minimum absolute atomic E-state index is 0.0758. The average Bonchev–Trinajstić information content (AvgIpc) is 2.44. The second-order valence-corrected chi connectivity index (χ2v) is 5.65. The van der Waals surface area contributed by atoms with E-state index in [0.717, 1.165) is 23.9 Å². The normalized spacial score (nSPS) is 12.3. The van der Waals surface area contributed by atoms with Crippen LogP contribution < -0.4 is 5.32 Å². The lowest BCUT2D eigenvalue weighted by Crippen LogP contribution is -2.29. The molecule has 1 aromatic heterocycles. The number of hydrogen-bond donors (Lipinski definition) is 1. The number of hydrogen-bond acceptors (Lipinski definition) is 3. The molecular weight excluding hydrogens is 306 g/mol. The molecular formula is C14H16BrN3O. The maximum absolute atomic E-state index is 12.0. The maximum atomic E-state index is 12.0. The van der Waals surface area contributed by atoms with E-state index >= 15 is 0 Å². The molecule has 0 aliphatic carbocycles. The van der Waals surface area contributed by atoms with Crippen molar-refractivity contribution in [3.8, 4) is 0 Å². The number of carbonyl (C=O) groups is 1. The van der Waals surface area contributed by atoms with Gasteiger partial charge >= 0.3 is 0 Å². The van der Waals surface area contributed by atoms with Crippen LogP contribution in [0.15, 0.2) is 30.6 Å². The molecule has 2 aromatic rings. The summed E-state index contributed by atoms with van der Waals surface area (Å²) in [6.07, 6.45) is 5.41. The minimum atomic E-state index is -0.0758. The number of amides is 1. The Hall–Kier alpha value is -1.49. The zero-order valence-electron chi connectivity index (χ0n) is 10.8. The highest BCUT2D eigenvalue weighted by molar-refractivity contribution is 9.09. The Morgan fingerprint density at radius 1 is 1.32 bits per heavy atom. The molecule has 1 amide bonds. The van der Waals surface area contributed by atoms with E-state index in [-0.39, 0.29) is 5.91 Å². The van der Waals surface area contributed by atoms with Crippen LogP contribution in [0.5, 0.6) is 0 Å². The van der Waals surface area contributed by atoms with E-state index in [0.29, 0.717) is 16.9 Å². The Morgan fingerprint density at radius 3 is 2.79 bits per heavy atom. The SMILES string of the molecule is CCCC(Br)CNC(=O)c1ccc2nccnc2c1. The molecule has 0 saturated carbocycles. The number of aromatic nitrogens is 2. The summed E-state index contributed by atoms with van der Waals surface area (Å²) in [6, 6.07) is 5.35. The van der Waals surface area contributed by atoms with Crippen molar-refractivity contribution in [3.05, 3.63) is 36.2 Å². The first-order valence-corrected chi connectivity index (χ1v) is 7.25. The average molecular weight is 322 g/mol. The van der Waals surface area contributed by atoms with Gasteiger partial charge in [-0.2, -0.15) is 0 Å². The van der Waals surface area contributed by atoms with Crippen LogP contribution >= 0.6 is 15.9 Å². The van der Waals surface area contributed by atoms with Gasteiger partial charge in [-0.15, -0.1) is 0 Å². The van der Waals surface area contributed by atoms with Gasteiger partial charge in [-0.05, 0) is 24.6 Å². The predicted molar refractivity (Wildman–Crippen MR) is 79.5 cm³/mol. The molecule has 0 aliphatic rings. The summed E-state index contributed by atoms with van der Waals surface area (Å²) in [5.74, 6) is -0.0758. The fourth-order valence-corrected chi connectivity index (χ4v) is 2.45. The molecule has 0 radical (unpaired) electrons. The fourth-order valence-electron chi connectivity index (χ4n) is 1.83. The molecule has 0 saturated heterocycles. The highest BCUT2D eigenvalue weighted by Gasteiger charge is 2.09. The zero-order chi connectivity index (χ0) is 13.7. The van der Waals surface area contributed by atoms with E-state index in [4.69, 9.17) is 0 Å². The molecule has 0 spiro atoms. The Labute approximate surface area is 120 Å². The first-order chi connectivity index (χ1) is 9.20. The van der Waals surface area contributed by atoms with Crippen molar-refractivity contribution in [1.82, 2.24) is 15.3 Å². The monoisotopic (exact) mass is 321 g/mol. The van der Waals surface area contributed by atoms with E-state index in [2.05, 4.69) is 38.1 Å². The summed E-state index contributed by atoms with van der Waals surface area (Å²) in [5.41, 5.74) is 2.15. The van der Waals surface area contributed by atoms with Gasteiger partial charge in [0.25, 0.3) is 5.91 Å². The van der Waals surface area contributed by atoms with Crippen molar-refractivity contribution in [3.63, 3.8) is 0 Å². The van der Waals surface area contributed by atoms with E-state index in [1.807, 2.05) is 6.07 Å². The molecule has 0 fully saturated rings. The van der Waals surface area contributed by atoms with Gasteiger partial charge in [-0.3, -0.25) is 14.8 Å². The van der Waals surface area contributed by atoms with Crippen molar-refractivity contribution in [2.45, 2.75) is 24.6 Å². The van der Waals surface area contributed by atoms with Crippen LogP contribution in [0.25, 0.3) is 11.0 Å². The van der Waals surface area contributed by atoms with Crippen molar-refractivity contribution in [2.24, 2.45) is 0 Å². The molecule has 1 N–H and O–H groups in total. The lowest BCUT2D eigenvalue weighted by molar-refractivity contribution is 0.0954. The van der Waals surface area contributed by atoms with Gasteiger partial charge in [-0.1, -0.05) is 29.3 Å². The van der Waals surface area contributed by atoms with E-state index in [1.54, 1.807) is 24.5 Å². The molecule has 0 bridgehead atoms. The van der Waals surface area contributed by atoms with Gasteiger partial charge in [0.1, 0.15) is 0 Å². The number of carbonyl (C=O) groups excluding carboxylic acids is 1. The summed E-state index contributed by atoms with van der Waals surface area (Å²) >= 11 is 3.54. The van der Waals surface area contributed by atoms with Gasteiger partial charge < -0.3 is 5.32 Å². The highest BCUT2D eigenvalue weighted by Crippen LogP contribution is 2.11. The van der Waals surface area contributed by atoms with Crippen LogP contribution in [0.4, 0.5) is 0 Å². The third-order valence-electron chi connectivity index (χ3n) is 2.82. The highest BCUT2D eigenvalue weighted by atomic mass is 79.9. The molecule has 1 atom stereocenters. The number of nitrogens with zero attached hydrogens (tertiary/aromatic N) is 2. The third-order valence-corrected chi connectivity index (χ3v) is 3.60. The lowest BCUT2D eigenvalue weighted by atomic mass is 10.1. The van der Waals surface area contributed by atoms with Crippen molar-refractivity contribution < 1.29 is 4.79 Å². The first-order valence-electron chi connectivity index (χ1n) is 6.33. The molecule has 2 rings (SSSR count). The van der Waals surface area contributed by atoms with E-state index < -0.39 is 0 Å². The topological polar surface area (TPSA) is 54.9 Å². The standard InChI is InChI=1S/C14H16BrN3O/c1-2-3-11(15)9-18-14(19)10-4-5-12-13(8-10)17-7-6-16-12/h4-8,11H,2-3,9H2,1H3,(H,18,19). The van der Waals surface area contributed by atoms with E-state index in [9.17, 15) is 4.79 Å². The molecule has 1 unspecified atom stereocenters. The third kappa shape index (κ3) is 3.73. The smallest absolute Gasteiger partial charge is 0.251 e. The molecule has 0 aliphatic heterocycles. The van der Waals surface area contributed by atoms with Crippen molar-refractivity contribution >= 4 is 32.9 Å². The zero-order valence-corrected chi connectivity index (χ0v) is 12.4. The van der Waals surface area contributed by atoms with Gasteiger partial charge in [0.05, 0.1) is 11.0 Å². The van der Waals surface area contributed by atoms with Crippen LogP contribution in [-0.4, -0.2) is 27.2 Å². The van der Waals surface area contributed by atoms with Crippen LogP contribution in [0.3, 0.4) is 0 Å². The minimum Gasteiger partial charge on any atom is -0.351 e. The number of fused-ring (bicyclic) bond motifs is 1. The molecule has 5 heteroatoms. The summed E-state index contributed by atoms with van der Waals surface area (Å²) < 4.78 is 0. The molecule has 1 heterocycles. The number of alkyl halides is 1. The second-order valence-electron chi connectivity index (χ2n) is 4.36. The second kappa shape index (κ2) is 6.61. The number of rotatable bonds is 5. The number of nitrogens with one attached hydrogen (secondary N) is 1. The van der Waals surface area contributed by atoms with Crippen molar-refractivity contribution in [2.75, 3.05) is 6.54 Å². The number of benzene rings is 1. The van der Waals surface area contributed by atoms with Crippen LogP contribution in [0.1, 0.15) is 30.1 Å². The van der Waals surface area contributed by atoms with Crippen molar-refractivity contribution in [1.29, 1.82) is 0 Å². The summed E-state index contributed by atoms with van der Waals surface area (Å²) in [6.45, 7) is 2.75. The quantitative estimate of drug-likeness (QED) is 0.861.